The van der Waals surface area contributed by atoms with E-state index in [9.17, 15) is 14.5 Å². The SMILES string of the molecule is CCCCC(=O)NC(C(C)=O)C(C)(C)SN=O. The quantitative estimate of drug-likeness (QED) is 0.537. The number of hydrogen-bond donors (Lipinski definition) is 1. The number of nitrogens with one attached hydrogen (secondary N) is 1. The van der Waals surface area contributed by atoms with Crippen LogP contribution in [0.3, 0.4) is 0 Å². The molecule has 98 valence electrons. The minimum absolute atomic E-state index is 0.161. The first-order valence-electron chi connectivity index (χ1n) is 5.65. The lowest BCUT2D eigenvalue weighted by Crippen LogP contribution is -2.51. The van der Waals surface area contributed by atoms with Gasteiger partial charge in [-0.1, -0.05) is 13.3 Å². The molecule has 6 heteroatoms. The molecule has 1 unspecified atom stereocenters. The van der Waals surface area contributed by atoms with Gasteiger partial charge in [0.05, 0.1) is 4.75 Å². The largest absolute Gasteiger partial charge is 0.345 e. The van der Waals surface area contributed by atoms with Gasteiger partial charge in [-0.05, 0) is 27.2 Å². The summed E-state index contributed by atoms with van der Waals surface area (Å²) in [7, 11) is 0. The molecule has 17 heavy (non-hydrogen) atoms. The van der Waals surface area contributed by atoms with Crippen LogP contribution in [0.2, 0.25) is 0 Å². The fraction of sp³-hybridized carbons (Fsp3) is 0.818. The van der Waals surface area contributed by atoms with E-state index in [0.717, 1.165) is 24.8 Å². The number of nitrogens with zero attached hydrogens (tertiary/aromatic N) is 1. The lowest BCUT2D eigenvalue weighted by molar-refractivity contribution is -0.127. The van der Waals surface area contributed by atoms with Crippen LogP contribution in [0.15, 0.2) is 4.58 Å². The van der Waals surface area contributed by atoms with Gasteiger partial charge in [0.25, 0.3) is 0 Å². The molecule has 0 aromatic carbocycles. The Morgan fingerprint density at radius 1 is 1.41 bits per heavy atom. The fourth-order valence-corrected chi connectivity index (χ4v) is 2.01. The molecule has 0 aromatic heterocycles. The topological polar surface area (TPSA) is 75.6 Å². The zero-order valence-electron chi connectivity index (χ0n) is 10.8. The molecule has 0 radical (unpaired) electrons. The third-order valence-electron chi connectivity index (χ3n) is 2.44. The van der Waals surface area contributed by atoms with E-state index in [4.69, 9.17) is 0 Å². The van der Waals surface area contributed by atoms with E-state index >= 15 is 0 Å². The number of ketones is 1. The minimum Gasteiger partial charge on any atom is -0.345 e. The van der Waals surface area contributed by atoms with Gasteiger partial charge in [0, 0.05) is 23.0 Å². The van der Waals surface area contributed by atoms with Crippen LogP contribution in [0.4, 0.5) is 0 Å². The molecule has 0 aliphatic heterocycles. The van der Waals surface area contributed by atoms with Crippen LogP contribution in [0.1, 0.15) is 47.0 Å². The number of carbonyl (C=O) groups is 2. The van der Waals surface area contributed by atoms with Crippen molar-refractivity contribution in [2.75, 3.05) is 0 Å². The van der Waals surface area contributed by atoms with Crippen LogP contribution in [-0.2, 0) is 9.59 Å². The summed E-state index contributed by atoms with van der Waals surface area (Å²) in [4.78, 5) is 33.4. The molecule has 0 aromatic rings. The molecule has 0 spiro atoms. The van der Waals surface area contributed by atoms with Crippen molar-refractivity contribution in [3.63, 3.8) is 0 Å². The summed E-state index contributed by atoms with van der Waals surface area (Å²) in [6.07, 6.45) is 2.11. The predicted octanol–water partition coefficient (Wildman–Crippen LogP) is 2.44. The van der Waals surface area contributed by atoms with Crippen LogP contribution in [0, 0.1) is 4.91 Å². The average Bonchev–Trinajstić information content (AvgIpc) is 2.22. The van der Waals surface area contributed by atoms with Gasteiger partial charge in [0.15, 0.2) is 5.78 Å². The molecular formula is C11H20N2O3S. The number of rotatable bonds is 8. The number of Topliss-reactive ketones (excluding diaryl/α,β-unsaturated/α-hetero) is 1. The number of unbranched alkanes of at least 4 members (excludes halogenated alkanes) is 1. The first kappa shape index (κ1) is 16.1. The van der Waals surface area contributed by atoms with Gasteiger partial charge < -0.3 is 5.32 Å². The fourth-order valence-electron chi connectivity index (χ4n) is 1.48. The number of nitroso groups, excluding NO2 is 1. The number of carbonyl (C=O) groups excluding carboxylic acids is 2. The number of amides is 1. The molecule has 0 aliphatic rings. The van der Waals surface area contributed by atoms with Crippen molar-refractivity contribution in [1.82, 2.24) is 5.32 Å². The maximum atomic E-state index is 11.6. The van der Waals surface area contributed by atoms with Crippen molar-refractivity contribution in [3.8, 4) is 0 Å². The smallest absolute Gasteiger partial charge is 0.220 e. The molecule has 1 N–H and O–H groups in total. The van der Waals surface area contributed by atoms with Crippen LogP contribution in [0.5, 0.6) is 0 Å². The molecule has 0 bridgehead atoms. The summed E-state index contributed by atoms with van der Waals surface area (Å²) in [6.45, 7) is 6.82. The molecule has 0 heterocycles. The molecule has 0 saturated carbocycles. The monoisotopic (exact) mass is 260 g/mol. The highest BCUT2D eigenvalue weighted by atomic mass is 32.2. The Balaban J connectivity index is 4.59. The van der Waals surface area contributed by atoms with Gasteiger partial charge >= 0.3 is 0 Å². The van der Waals surface area contributed by atoms with Crippen molar-refractivity contribution in [2.45, 2.75) is 57.7 Å². The van der Waals surface area contributed by atoms with Crippen LogP contribution in [-0.4, -0.2) is 22.5 Å². The molecule has 5 nitrogen and oxygen atoms in total. The van der Waals surface area contributed by atoms with Crippen molar-refractivity contribution in [2.24, 2.45) is 4.58 Å². The summed E-state index contributed by atoms with van der Waals surface area (Å²) < 4.78 is 2.02. The summed E-state index contributed by atoms with van der Waals surface area (Å²) in [5.74, 6) is -0.331. The van der Waals surface area contributed by atoms with E-state index in [0.29, 0.717) is 6.42 Å². The second-order valence-corrected chi connectivity index (χ2v) is 5.87. The third-order valence-corrected chi connectivity index (χ3v) is 3.22. The lowest BCUT2D eigenvalue weighted by atomic mass is 9.99. The Bertz CT molecular complexity index is 292. The standard InChI is InChI=1S/C11H20N2O3S/c1-5-6-7-9(15)12-10(8(2)14)11(3,4)17-13-16/h10H,5-7H2,1-4H3,(H,12,15). The van der Waals surface area contributed by atoms with E-state index in [1.165, 1.54) is 6.92 Å². The summed E-state index contributed by atoms with van der Waals surface area (Å²) >= 11 is 0.770. The van der Waals surface area contributed by atoms with E-state index in [1.807, 2.05) is 6.92 Å². The Kier molecular flexibility index (Phi) is 7.03. The molecule has 1 atom stereocenters. The lowest BCUT2D eigenvalue weighted by Gasteiger charge is -2.29. The highest BCUT2D eigenvalue weighted by molar-refractivity contribution is 7.99. The van der Waals surface area contributed by atoms with Gasteiger partial charge in [-0.15, -0.1) is 4.91 Å². The maximum Gasteiger partial charge on any atom is 0.220 e. The van der Waals surface area contributed by atoms with Crippen molar-refractivity contribution >= 4 is 23.6 Å². The van der Waals surface area contributed by atoms with Gasteiger partial charge in [0.1, 0.15) is 6.04 Å². The van der Waals surface area contributed by atoms with Crippen LogP contribution in [0.25, 0.3) is 0 Å². The van der Waals surface area contributed by atoms with Crippen LogP contribution < -0.4 is 5.32 Å². The molecule has 0 saturated heterocycles. The van der Waals surface area contributed by atoms with E-state index < -0.39 is 10.8 Å². The van der Waals surface area contributed by atoms with Crippen molar-refractivity contribution < 1.29 is 9.59 Å². The van der Waals surface area contributed by atoms with E-state index in [2.05, 4.69) is 9.90 Å². The Labute approximate surface area is 106 Å². The Hall–Kier alpha value is -0.910. The first-order valence-corrected chi connectivity index (χ1v) is 6.43. The van der Waals surface area contributed by atoms with E-state index in [1.54, 1.807) is 13.8 Å². The number of hydrogen-bond acceptors (Lipinski definition) is 5. The third kappa shape index (κ3) is 5.81. The molecule has 0 rings (SSSR count). The summed E-state index contributed by atoms with van der Waals surface area (Å²) in [5, 5.41) is 2.67. The molecular weight excluding hydrogens is 240 g/mol. The van der Waals surface area contributed by atoms with Crippen molar-refractivity contribution in [1.29, 1.82) is 0 Å². The molecule has 1 amide bonds. The summed E-state index contributed by atoms with van der Waals surface area (Å²) in [5.41, 5.74) is 0. The normalized spacial score (nSPS) is 12.9. The highest BCUT2D eigenvalue weighted by Crippen LogP contribution is 2.29. The average molecular weight is 260 g/mol. The van der Waals surface area contributed by atoms with Gasteiger partial charge in [-0.3, -0.25) is 9.59 Å². The Morgan fingerprint density at radius 2 is 2.00 bits per heavy atom. The van der Waals surface area contributed by atoms with Gasteiger partial charge in [-0.2, -0.15) is 0 Å². The Morgan fingerprint density at radius 3 is 2.41 bits per heavy atom. The predicted molar refractivity (Wildman–Crippen MR) is 69.6 cm³/mol. The second-order valence-electron chi connectivity index (χ2n) is 4.48. The second kappa shape index (κ2) is 7.42. The van der Waals surface area contributed by atoms with E-state index in [-0.39, 0.29) is 11.7 Å². The van der Waals surface area contributed by atoms with Crippen molar-refractivity contribution in [3.05, 3.63) is 4.91 Å². The highest BCUT2D eigenvalue weighted by Gasteiger charge is 2.35. The van der Waals surface area contributed by atoms with Gasteiger partial charge in [-0.25, -0.2) is 0 Å². The van der Waals surface area contributed by atoms with Gasteiger partial charge in [0.2, 0.25) is 5.91 Å². The molecule has 0 fully saturated rings. The molecule has 0 aliphatic carbocycles. The zero-order chi connectivity index (χ0) is 13.5. The minimum atomic E-state index is -0.727. The zero-order valence-corrected chi connectivity index (χ0v) is 11.6. The first-order chi connectivity index (χ1) is 7.85. The maximum absolute atomic E-state index is 11.6. The van der Waals surface area contributed by atoms with Crippen LogP contribution >= 0.6 is 11.9 Å². The summed E-state index contributed by atoms with van der Waals surface area (Å²) in [6, 6.07) is -0.686.